The molecule has 0 aliphatic heterocycles. The second-order valence-corrected chi connectivity index (χ2v) is 4.90. The average Bonchev–Trinajstić information content (AvgIpc) is 2.49. The Balaban J connectivity index is 1.90. The second-order valence-electron chi connectivity index (χ2n) is 4.90. The van der Waals surface area contributed by atoms with Crippen LogP contribution in [0.4, 0.5) is 5.69 Å². The van der Waals surface area contributed by atoms with Crippen LogP contribution in [0.3, 0.4) is 0 Å². The van der Waals surface area contributed by atoms with E-state index in [9.17, 15) is 4.79 Å². The lowest BCUT2D eigenvalue weighted by atomic mass is 10.1. The van der Waals surface area contributed by atoms with Crippen molar-refractivity contribution >= 4 is 11.6 Å². The van der Waals surface area contributed by atoms with E-state index in [0.29, 0.717) is 25.3 Å². The molecular formula is C17H20N2O2. The SMILES string of the molecule is COCc1ccccc1CNC(=O)Cc1ccc(N)cc1. The van der Waals surface area contributed by atoms with E-state index >= 15 is 0 Å². The number of ether oxygens (including phenoxy) is 1. The first-order valence-corrected chi connectivity index (χ1v) is 6.86. The molecule has 21 heavy (non-hydrogen) atoms. The molecule has 0 spiro atoms. The van der Waals surface area contributed by atoms with Gasteiger partial charge in [0.15, 0.2) is 0 Å². The summed E-state index contributed by atoms with van der Waals surface area (Å²) in [5.41, 5.74) is 9.44. The normalized spacial score (nSPS) is 10.3. The maximum absolute atomic E-state index is 12.0. The van der Waals surface area contributed by atoms with Crippen LogP contribution < -0.4 is 11.1 Å². The number of methoxy groups -OCH3 is 1. The van der Waals surface area contributed by atoms with Crippen molar-refractivity contribution in [2.45, 2.75) is 19.6 Å². The van der Waals surface area contributed by atoms with Gasteiger partial charge in [-0.15, -0.1) is 0 Å². The van der Waals surface area contributed by atoms with E-state index in [1.165, 1.54) is 0 Å². The van der Waals surface area contributed by atoms with Gasteiger partial charge in [-0.1, -0.05) is 36.4 Å². The molecule has 0 aliphatic rings. The lowest BCUT2D eigenvalue weighted by Crippen LogP contribution is -2.25. The topological polar surface area (TPSA) is 64.3 Å². The number of benzene rings is 2. The van der Waals surface area contributed by atoms with Gasteiger partial charge in [-0.2, -0.15) is 0 Å². The molecule has 110 valence electrons. The Morgan fingerprint density at radius 1 is 1.10 bits per heavy atom. The van der Waals surface area contributed by atoms with E-state index in [1.54, 1.807) is 19.2 Å². The average molecular weight is 284 g/mol. The van der Waals surface area contributed by atoms with Crippen molar-refractivity contribution in [1.82, 2.24) is 5.32 Å². The molecule has 0 aliphatic carbocycles. The summed E-state index contributed by atoms with van der Waals surface area (Å²) in [7, 11) is 1.66. The summed E-state index contributed by atoms with van der Waals surface area (Å²) in [5, 5.41) is 2.94. The Kier molecular flexibility index (Phi) is 5.35. The highest BCUT2D eigenvalue weighted by atomic mass is 16.5. The minimum absolute atomic E-state index is 0.00742. The number of rotatable bonds is 6. The number of carbonyl (C=O) groups is 1. The molecule has 0 bridgehead atoms. The lowest BCUT2D eigenvalue weighted by Gasteiger charge is -2.10. The van der Waals surface area contributed by atoms with Crippen molar-refractivity contribution in [1.29, 1.82) is 0 Å². The monoisotopic (exact) mass is 284 g/mol. The predicted molar refractivity (Wildman–Crippen MR) is 83.6 cm³/mol. The van der Waals surface area contributed by atoms with Crippen LogP contribution in [0.25, 0.3) is 0 Å². The molecule has 0 aromatic heterocycles. The fraction of sp³-hybridized carbons (Fsp3) is 0.235. The Hall–Kier alpha value is -2.33. The number of hydrogen-bond acceptors (Lipinski definition) is 3. The number of carbonyl (C=O) groups excluding carboxylic acids is 1. The van der Waals surface area contributed by atoms with Crippen LogP contribution in [-0.2, 0) is 29.1 Å². The summed E-state index contributed by atoms with van der Waals surface area (Å²) < 4.78 is 5.16. The first kappa shape index (κ1) is 15.1. The molecule has 2 aromatic carbocycles. The zero-order valence-corrected chi connectivity index (χ0v) is 12.1. The molecule has 0 atom stereocenters. The first-order chi connectivity index (χ1) is 10.2. The first-order valence-electron chi connectivity index (χ1n) is 6.86. The quantitative estimate of drug-likeness (QED) is 0.800. The van der Waals surface area contributed by atoms with Crippen molar-refractivity contribution in [2.75, 3.05) is 12.8 Å². The van der Waals surface area contributed by atoms with Crippen LogP contribution in [0.2, 0.25) is 0 Å². The molecule has 4 nitrogen and oxygen atoms in total. The highest BCUT2D eigenvalue weighted by Gasteiger charge is 2.06. The van der Waals surface area contributed by atoms with E-state index in [-0.39, 0.29) is 5.91 Å². The highest BCUT2D eigenvalue weighted by Crippen LogP contribution is 2.10. The molecule has 2 aromatic rings. The van der Waals surface area contributed by atoms with Gasteiger partial charge in [-0.3, -0.25) is 4.79 Å². The van der Waals surface area contributed by atoms with Gasteiger partial charge in [0, 0.05) is 19.3 Å². The largest absolute Gasteiger partial charge is 0.399 e. The molecular weight excluding hydrogens is 264 g/mol. The summed E-state index contributed by atoms with van der Waals surface area (Å²) >= 11 is 0. The molecule has 0 heterocycles. The third-order valence-corrected chi connectivity index (χ3v) is 3.24. The fourth-order valence-corrected chi connectivity index (χ4v) is 2.10. The van der Waals surface area contributed by atoms with Crippen LogP contribution in [-0.4, -0.2) is 13.0 Å². The molecule has 0 fully saturated rings. The fourth-order valence-electron chi connectivity index (χ4n) is 2.10. The Labute approximate surface area is 124 Å². The molecule has 0 saturated heterocycles. The standard InChI is InChI=1S/C17H20N2O2/c1-21-12-15-5-3-2-4-14(15)11-19-17(20)10-13-6-8-16(18)9-7-13/h2-9H,10-12,18H2,1H3,(H,19,20). The molecule has 0 unspecified atom stereocenters. The van der Waals surface area contributed by atoms with E-state index in [2.05, 4.69) is 5.32 Å². The van der Waals surface area contributed by atoms with Crippen LogP contribution >= 0.6 is 0 Å². The Morgan fingerprint density at radius 2 is 1.76 bits per heavy atom. The Bertz CT molecular complexity index is 594. The second kappa shape index (κ2) is 7.45. The van der Waals surface area contributed by atoms with Gasteiger partial charge in [0.05, 0.1) is 13.0 Å². The van der Waals surface area contributed by atoms with E-state index in [1.807, 2.05) is 36.4 Å². The van der Waals surface area contributed by atoms with Crippen molar-refractivity contribution in [2.24, 2.45) is 0 Å². The van der Waals surface area contributed by atoms with E-state index in [4.69, 9.17) is 10.5 Å². The van der Waals surface area contributed by atoms with Gasteiger partial charge < -0.3 is 15.8 Å². The van der Waals surface area contributed by atoms with Gasteiger partial charge in [-0.25, -0.2) is 0 Å². The lowest BCUT2D eigenvalue weighted by molar-refractivity contribution is -0.120. The van der Waals surface area contributed by atoms with Crippen molar-refractivity contribution in [3.63, 3.8) is 0 Å². The molecule has 4 heteroatoms. The number of amides is 1. The number of hydrogen-bond donors (Lipinski definition) is 2. The summed E-state index contributed by atoms with van der Waals surface area (Å²) in [4.78, 5) is 12.0. The summed E-state index contributed by atoms with van der Waals surface area (Å²) in [5.74, 6) is -0.00742. The molecule has 3 N–H and O–H groups in total. The molecule has 2 rings (SSSR count). The number of nitrogens with one attached hydrogen (secondary N) is 1. The van der Waals surface area contributed by atoms with Crippen LogP contribution in [0.5, 0.6) is 0 Å². The number of nitrogens with two attached hydrogens (primary N) is 1. The van der Waals surface area contributed by atoms with Crippen molar-refractivity contribution in [3.8, 4) is 0 Å². The van der Waals surface area contributed by atoms with Gasteiger partial charge in [-0.05, 0) is 28.8 Å². The highest BCUT2D eigenvalue weighted by molar-refractivity contribution is 5.78. The zero-order valence-electron chi connectivity index (χ0n) is 12.1. The summed E-state index contributed by atoms with van der Waals surface area (Å²) in [6.07, 6.45) is 0.354. The Morgan fingerprint density at radius 3 is 2.43 bits per heavy atom. The van der Waals surface area contributed by atoms with E-state index in [0.717, 1.165) is 16.7 Å². The minimum atomic E-state index is -0.00742. The van der Waals surface area contributed by atoms with Gasteiger partial charge in [0.2, 0.25) is 5.91 Å². The molecule has 0 radical (unpaired) electrons. The third kappa shape index (κ3) is 4.61. The molecule has 0 saturated carbocycles. The van der Waals surface area contributed by atoms with Crippen LogP contribution in [0.1, 0.15) is 16.7 Å². The number of nitrogen functional groups attached to an aromatic ring is 1. The van der Waals surface area contributed by atoms with Crippen molar-refractivity contribution < 1.29 is 9.53 Å². The predicted octanol–water partition coefficient (Wildman–Crippen LogP) is 2.27. The van der Waals surface area contributed by atoms with Crippen LogP contribution in [0, 0.1) is 0 Å². The van der Waals surface area contributed by atoms with E-state index < -0.39 is 0 Å². The maximum atomic E-state index is 12.0. The maximum Gasteiger partial charge on any atom is 0.224 e. The third-order valence-electron chi connectivity index (χ3n) is 3.24. The van der Waals surface area contributed by atoms with Gasteiger partial charge in [0.25, 0.3) is 0 Å². The van der Waals surface area contributed by atoms with Crippen LogP contribution in [0.15, 0.2) is 48.5 Å². The number of anilines is 1. The smallest absolute Gasteiger partial charge is 0.224 e. The van der Waals surface area contributed by atoms with Crippen molar-refractivity contribution in [3.05, 3.63) is 65.2 Å². The minimum Gasteiger partial charge on any atom is -0.399 e. The zero-order chi connectivity index (χ0) is 15.1. The summed E-state index contributed by atoms with van der Waals surface area (Å²) in [6.45, 7) is 1.05. The van der Waals surface area contributed by atoms with Gasteiger partial charge in [0.1, 0.15) is 0 Å². The summed E-state index contributed by atoms with van der Waals surface area (Å²) in [6, 6.07) is 15.3. The molecule has 1 amide bonds. The van der Waals surface area contributed by atoms with Gasteiger partial charge >= 0.3 is 0 Å².